The van der Waals surface area contributed by atoms with E-state index in [0.29, 0.717) is 6.01 Å². The molecule has 0 saturated carbocycles. The lowest BCUT2D eigenvalue weighted by Crippen LogP contribution is -2.26. The summed E-state index contributed by atoms with van der Waals surface area (Å²) in [5, 5.41) is 6.96. The molecule has 4 nitrogen and oxygen atoms in total. The molecule has 0 saturated heterocycles. The van der Waals surface area contributed by atoms with Crippen LogP contribution >= 0.6 is 0 Å². The third-order valence-corrected chi connectivity index (χ3v) is 1.42. The zero-order chi connectivity index (χ0) is 9.90. The van der Waals surface area contributed by atoms with Gasteiger partial charge in [0.2, 0.25) is 0 Å². The molecule has 74 valence electrons. The van der Waals surface area contributed by atoms with Crippen LogP contribution < -0.4 is 5.32 Å². The van der Waals surface area contributed by atoms with E-state index in [1.54, 1.807) is 0 Å². The van der Waals surface area contributed by atoms with Crippen LogP contribution in [-0.4, -0.2) is 15.7 Å². The normalized spacial score (nSPS) is 11.7. The molecular formula is C9H17N3O. The first-order chi connectivity index (χ1) is 6.01. The maximum absolute atomic E-state index is 5.02. The standard InChI is InChI=1S/C9H17N3O/c1-5-6-7-10-8(13-12-7)11-9(2,3)4/h5-6H2,1-4H3,(H,10,11,12). The minimum atomic E-state index is -0.0317. The molecule has 0 aromatic carbocycles. The van der Waals surface area contributed by atoms with Crippen LogP contribution in [0.4, 0.5) is 6.01 Å². The van der Waals surface area contributed by atoms with Gasteiger partial charge in [-0.2, -0.15) is 4.98 Å². The molecule has 0 amide bonds. The minimum Gasteiger partial charge on any atom is -0.333 e. The second-order valence-corrected chi connectivity index (χ2v) is 4.14. The Morgan fingerprint density at radius 3 is 2.62 bits per heavy atom. The number of aromatic nitrogens is 2. The number of anilines is 1. The van der Waals surface area contributed by atoms with Gasteiger partial charge in [-0.05, 0) is 27.2 Å². The van der Waals surface area contributed by atoms with Gasteiger partial charge in [0, 0.05) is 12.0 Å². The lowest BCUT2D eigenvalue weighted by molar-refractivity contribution is 0.412. The Labute approximate surface area is 78.7 Å². The summed E-state index contributed by atoms with van der Waals surface area (Å²) in [6.45, 7) is 8.25. The summed E-state index contributed by atoms with van der Waals surface area (Å²) in [4.78, 5) is 4.20. The Kier molecular flexibility index (Phi) is 2.90. The Hall–Kier alpha value is -1.06. The Morgan fingerprint density at radius 1 is 1.38 bits per heavy atom. The average Bonchev–Trinajstić information content (AvgIpc) is 2.33. The number of rotatable bonds is 3. The first kappa shape index (κ1) is 10.0. The van der Waals surface area contributed by atoms with Crippen LogP contribution in [0, 0.1) is 0 Å². The number of hydrogen-bond acceptors (Lipinski definition) is 4. The van der Waals surface area contributed by atoms with Crippen molar-refractivity contribution in [3.05, 3.63) is 5.82 Å². The molecule has 1 N–H and O–H groups in total. The van der Waals surface area contributed by atoms with Crippen LogP contribution in [0.1, 0.15) is 39.9 Å². The van der Waals surface area contributed by atoms with Gasteiger partial charge in [0.15, 0.2) is 5.82 Å². The van der Waals surface area contributed by atoms with E-state index in [-0.39, 0.29) is 5.54 Å². The fourth-order valence-electron chi connectivity index (χ4n) is 0.951. The first-order valence-electron chi connectivity index (χ1n) is 4.62. The summed E-state index contributed by atoms with van der Waals surface area (Å²) in [5.41, 5.74) is -0.0317. The SMILES string of the molecule is CCCc1noc(NC(C)(C)C)n1. The summed E-state index contributed by atoms with van der Waals surface area (Å²) in [7, 11) is 0. The molecule has 0 bridgehead atoms. The van der Waals surface area contributed by atoms with E-state index < -0.39 is 0 Å². The van der Waals surface area contributed by atoms with Crippen molar-refractivity contribution in [2.45, 2.75) is 46.1 Å². The molecule has 1 aromatic rings. The molecule has 1 heterocycles. The molecule has 0 aliphatic rings. The number of nitrogens with one attached hydrogen (secondary N) is 1. The summed E-state index contributed by atoms with van der Waals surface area (Å²) in [6.07, 6.45) is 1.91. The summed E-state index contributed by atoms with van der Waals surface area (Å²) in [5.74, 6) is 0.772. The molecule has 4 heteroatoms. The van der Waals surface area contributed by atoms with E-state index in [2.05, 4.69) is 43.2 Å². The summed E-state index contributed by atoms with van der Waals surface area (Å²) < 4.78 is 5.02. The zero-order valence-electron chi connectivity index (χ0n) is 8.72. The van der Waals surface area contributed by atoms with E-state index in [0.717, 1.165) is 18.7 Å². The molecule has 13 heavy (non-hydrogen) atoms. The molecule has 0 aliphatic heterocycles. The molecule has 0 unspecified atom stereocenters. The molecule has 0 spiro atoms. The number of aryl methyl sites for hydroxylation is 1. The van der Waals surface area contributed by atoms with E-state index in [1.807, 2.05) is 0 Å². The van der Waals surface area contributed by atoms with Crippen LogP contribution in [0.5, 0.6) is 0 Å². The predicted octanol–water partition coefficient (Wildman–Crippen LogP) is 2.23. The van der Waals surface area contributed by atoms with Gasteiger partial charge in [-0.1, -0.05) is 12.1 Å². The van der Waals surface area contributed by atoms with Crippen molar-refractivity contribution in [3.63, 3.8) is 0 Å². The van der Waals surface area contributed by atoms with E-state index in [4.69, 9.17) is 4.52 Å². The molecule has 0 fully saturated rings. The molecule has 1 rings (SSSR count). The quantitative estimate of drug-likeness (QED) is 0.780. The Balaban J connectivity index is 2.59. The van der Waals surface area contributed by atoms with Crippen molar-refractivity contribution in [2.75, 3.05) is 5.32 Å². The fraction of sp³-hybridized carbons (Fsp3) is 0.778. The molecule has 1 aromatic heterocycles. The lowest BCUT2D eigenvalue weighted by atomic mass is 10.1. The van der Waals surface area contributed by atoms with Crippen LogP contribution in [0.25, 0.3) is 0 Å². The van der Waals surface area contributed by atoms with Crippen molar-refractivity contribution >= 4 is 6.01 Å². The number of nitrogens with zero attached hydrogens (tertiary/aromatic N) is 2. The summed E-state index contributed by atoms with van der Waals surface area (Å²) in [6, 6.07) is 0.510. The van der Waals surface area contributed by atoms with Gasteiger partial charge in [0.25, 0.3) is 0 Å². The van der Waals surface area contributed by atoms with Gasteiger partial charge < -0.3 is 9.84 Å². The highest BCUT2D eigenvalue weighted by Crippen LogP contribution is 2.12. The monoisotopic (exact) mass is 183 g/mol. The number of hydrogen-bond donors (Lipinski definition) is 1. The second kappa shape index (κ2) is 3.77. The molecule has 0 aliphatic carbocycles. The van der Waals surface area contributed by atoms with Crippen LogP contribution in [0.3, 0.4) is 0 Å². The van der Waals surface area contributed by atoms with Gasteiger partial charge in [-0.25, -0.2) is 0 Å². The zero-order valence-corrected chi connectivity index (χ0v) is 8.72. The first-order valence-corrected chi connectivity index (χ1v) is 4.62. The van der Waals surface area contributed by atoms with Crippen molar-refractivity contribution in [1.82, 2.24) is 10.1 Å². The molecule has 0 radical (unpaired) electrons. The van der Waals surface area contributed by atoms with Crippen molar-refractivity contribution in [2.24, 2.45) is 0 Å². The Morgan fingerprint density at radius 2 is 2.08 bits per heavy atom. The van der Waals surface area contributed by atoms with Crippen molar-refractivity contribution < 1.29 is 4.52 Å². The highest BCUT2D eigenvalue weighted by molar-refractivity contribution is 5.22. The van der Waals surface area contributed by atoms with Crippen molar-refractivity contribution in [1.29, 1.82) is 0 Å². The summed E-state index contributed by atoms with van der Waals surface area (Å²) >= 11 is 0. The smallest absolute Gasteiger partial charge is 0.321 e. The third kappa shape index (κ3) is 3.44. The molecule has 0 atom stereocenters. The third-order valence-electron chi connectivity index (χ3n) is 1.42. The maximum Gasteiger partial charge on any atom is 0.321 e. The van der Waals surface area contributed by atoms with Gasteiger partial charge >= 0.3 is 6.01 Å². The molecular weight excluding hydrogens is 166 g/mol. The van der Waals surface area contributed by atoms with E-state index >= 15 is 0 Å². The second-order valence-electron chi connectivity index (χ2n) is 4.14. The van der Waals surface area contributed by atoms with Gasteiger partial charge in [0.05, 0.1) is 0 Å². The van der Waals surface area contributed by atoms with Crippen LogP contribution in [0.15, 0.2) is 4.52 Å². The average molecular weight is 183 g/mol. The minimum absolute atomic E-state index is 0.0317. The topological polar surface area (TPSA) is 51.0 Å². The Bertz CT molecular complexity index is 262. The maximum atomic E-state index is 5.02. The fourth-order valence-corrected chi connectivity index (χ4v) is 0.951. The van der Waals surface area contributed by atoms with Crippen LogP contribution in [0.2, 0.25) is 0 Å². The van der Waals surface area contributed by atoms with E-state index in [9.17, 15) is 0 Å². The van der Waals surface area contributed by atoms with Gasteiger partial charge in [-0.3, -0.25) is 0 Å². The highest BCUT2D eigenvalue weighted by Gasteiger charge is 2.13. The highest BCUT2D eigenvalue weighted by atomic mass is 16.5. The van der Waals surface area contributed by atoms with Crippen molar-refractivity contribution in [3.8, 4) is 0 Å². The largest absolute Gasteiger partial charge is 0.333 e. The van der Waals surface area contributed by atoms with E-state index in [1.165, 1.54) is 0 Å². The van der Waals surface area contributed by atoms with Crippen LogP contribution in [-0.2, 0) is 6.42 Å². The lowest BCUT2D eigenvalue weighted by Gasteiger charge is -2.17. The predicted molar refractivity (Wildman–Crippen MR) is 51.7 cm³/mol. The van der Waals surface area contributed by atoms with Gasteiger partial charge in [0.1, 0.15) is 0 Å². The van der Waals surface area contributed by atoms with Gasteiger partial charge in [-0.15, -0.1) is 0 Å².